The van der Waals surface area contributed by atoms with Crippen molar-refractivity contribution >= 4 is 6.09 Å². The van der Waals surface area contributed by atoms with Crippen LogP contribution in [0.2, 0.25) is 0 Å². The fourth-order valence-electron chi connectivity index (χ4n) is 1.47. The fraction of sp³-hybridized carbons (Fsp3) is 0.625. The molecule has 3 heteroatoms. The lowest BCUT2D eigenvalue weighted by Gasteiger charge is -2.30. The number of hydrogen-bond acceptors (Lipinski definition) is 1. The van der Waals surface area contributed by atoms with E-state index in [0.717, 1.165) is 12.1 Å². The first-order chi connectivity index (χ1) is 4.95. The second-order valence-electron chi connectivity index (χ2n) is 3.48. The van der Waals surface area contributed by atoms with Crippen molar-refractivity contribution in [3.05, 3.63) is 11.8 Å². The number of nitrogens with zero attached hydrogens (tertiary/aromatic N) is 1. The molecule has 1 aliphatic heterocycles. The Hall–Kier alpha value is -0.990. The first kappa shape index (κ1) is 8.11. The first-order valence-corrected chi connectivity index (χ1v) is 3.65. The molecular weight excluding hydrogens is 142 g/mol. The molecule has 1 heterocycles. The van der Waals surface area contributed by atoms with Crippen molar-refractivity contribution in [3.63, 3.8) is 0 Å². The molecule has 1 N–H and O–H groups in total. The number of hydrogen-bond donors (Lipinski definition) is 1. The van der Waals surface area contributed by atoms with Gasteiger partial charge in [0.1, 0.15) is 0 Å². The molecule has 0 bridgehead atoms. The lowest BCUT2D eigenvalue weighted by atomic mass is 10.0. The highest BCUT2D eigenvalue weighted by Crippen LogP contribution is 2.30. The van der Waals surface area contributed by atoms with E-state index in [1.54, 1.807) is 0 Å². The van der Waals surface area contributed by atoms with Crippen molar-refractivity contribution in [3.8, 4) is 0 Å². The van der Waals surface area contributed by atoms with E-state index in [1.165, 1.54) is 4.90 Å². The molecule has 0 fully saturated rings. The van der Waals surface area contributed by atoms with Crippen LogP contribution in [-0.2, 0) is 0 Å². The highest BCUT2D eigenvalue weighted by molar-refractivity contribution is 5.69. The van der Waals surface area contributed by atoms with E-state index >= 15 is 0 Å². The average Bonchev–Trinajstić information content (AvgIpc) is 2.06. The molecule has 3 nitrogen and oxygen atoms in total. The third-order valence-electron chi connectivity index (χ3n) is 2.05. The molecule has 0 aliphatic carbocycles. The van der Waals surface area contributed by atoms with E-state index in [9.17, 15) is 4.79 Å². The van der Waals surface area contributed by atoms with Gasteiger partial charge in [0.2, 0.25) is 0 Å². The second kappa shape index (κ2) is 2.26. The Morgan fingerprint density at radius 3 is 2.45 bits per heavy atom. The molecule has 1 aliphatic rings. The van der Waals surface area contributed by atoms with Crippen molar-refractivity contribution < 1.29 is 9.90 Å². The molecule has 1 amide bonds. The van der Waals surface area contributed by atoms with Crippen LogP contribution in [0.3, 0.4) is 0 Å². The number of carboxylic acid groups (broad SMARTS) is 1. The Balaban J connectivity index is 2.90. The maximum absolute atomic E-state index is 10.7. The molecule has 0 saturated heterocycles. The molecule has 0 saturated carbocycles. The van der Waals surface area contributed by atoms with Crippen molar-refractivity contribution in [1.82, 2.24) is 4.90 Å². The molecule has 0 aromatic carbocycles. The van der Waals surface area contributed by atoms with Gasteiger partial charge in [0.15, 0.2) is 0 Å². The average molecular weight is 155 g/mol. The van der Waals surface area contributed by atoms with E-state index in [1.807, 2.05) is 26.8 Å². The molecule has 0 atom stereocenters. The summed E-state index contributed by atoms with van der Waals surface area (Å²) >= 11 is 0. The van der Waals surface area contributed by atoms with Crippen molar-refractivity contribution in [2.45, 2.75) is 32.7 Å². The summed E-state index contributed by atoms with van der Waals surface area (Å²) in [7, 11) is 0. The first-order valence-electron chi connectivity index (χ1n) is 3.65. The third kappa shape index (κ3) is 1.23. The van der Waals surface area contributed by atoms with Gasteiger partial charge in [-0.1, -0.05) is 6.08 Å². The van der Waals surface area contributed by atoms with Gasteiger partial charge in [0, 0.05) is 11.2 Å². The molecule has 11 heavy (non-hydrogen) atoms. The van der Waals surface area contributed by atoms with Crippen molar-refractivity contribution in [1.29, 1.82) is 0 Å². The third-order valence-corrected chi connectivity index (χ3v) is 2.05. The molecule has 0 spiro atoms. The maximum Gasteiger partial charge on any atom is 0.412 e. The van der Waals surface area contributed by atoms with Crippen LogP contribution < -0.4 is 0 Å². The lowest BCUT2D eigenvalue weighted by molar-refractivity contribution is 0.125. The Morgan fingerprint density at radius 2 is 2.27 bits per heavy atom. The summed E-state index contributed by atoms with van der Waals surface area (Å²) in [5.41, 5.74) is 0.582. The standard InChI is InChI=1S/C8H13NO2/c1-6-4-5-8(2,3)9(6)7(10)11/h4H,5H2,1-3H3,(H,10,11). The number of allylic oxidation sites excluding steroid dienone is 1. The van der Waals surface area contributed by atoms with Gasteiger partial charge >= 0.3 is 6.09 Å². The Bertz CT molecular complexity index is 218. The van der Waals surface area contributed by atoms with Crippen LogP contribution in [0.25, 0.3) is 0 Å². The highest BCUT2D eigenvalue weighted by atomic mass is 16.4. The van der Waals surface area contributed by atoms with E-state index in [0.29, 0.717) is 0 Å². The monoisotopic (exact) mass is 155 g/mol. The molecule has 0 aromatic rings. The van der Waals surface area contributed by atoms with Gasteiger partial charge in [-0.25, -0.2) is 4.79 Å². The minimum atomic E-state index is -0.860. The Morgan fingerprint density at radius 1 is 1.73 bits per heavy atom. The Kier molecular flexibility index (Phi) is 1.66. The predicted octanol–water partition coefficient (Wildman–Crippen LogP) is 2.05. The number of rotatable bonds is 0. The molecule has 62 valence electrons. The van der Waals surface area contributed by atoms with Crippen LogP contribution in [0.5, 0.6) is 0 Å². The maximum atomic E-state index is 10.7. The van der Waals surface area contributed by atoms with Gasteiger partial charge in [0.05, 0.1) is 0 Å². The zero-order valence-electron chi connectivity index (χ0n) is 7.09. The van der Waals surface area contributed by atoms with Crippen LogP contribution >= 0.6 is 0 Å². The van der Waals surface area contributed by atoms with E-state index in [-0.39, 0.29) is 5.54 Å². The fourth-order valence-corrected chi connectivity index (χ4v) is 1.47. The minimum absolute atomic E-state index is 0.254. The van der Waals surface area contributed by atoms with Crippen molar-refractivity contribution in [2.24, 2.45) is 0 Å². The van der Waals surface area contributed by atoms with Gasteiger partial charge in [-0.2, -0.15) is 0 Å². The molecule has 1 rings (SSSR count). The van der Waals surface area contributed by atoms with E-state index in [4.69, 9.17) is 5.11 Å². The topological polar surface area (TPSA) is 40.5 Å². The highest BCUT2D eigenvalue weighted by Gasteiger charge is 2.35. The van der Waals surface area contributed by atoms with Crippen LogP contribution in [0, 0.1) is 0 Å². The summed E-state index contributed by atoms with van der Waals surface area (Å²) in [4.78, 5) is 12.1. The SMILES string of the molecule is CC1=CCC(C)(C)N1C(=O)O. The Labute approximate surface area is 66.3 Å². The smallest absolute Gasteiger partial charge is 0.412 e. The zero-order chi connectivity index (χ0) is 8.65. The summed E-state index contributed by atoms with van der Waals surface area (Å²) in [5.74, 6) is 0. The molecule has 0 radical (unpaired) electrons. The summed E-state index contributed by atoms with van der Waals surface area (Å²) in [6, 6.07) is 0. The molecule has 0 aromatic heterocycles. The van der Waals surface area contributed by atoms with Crippen molar-refractivity contribution in [2.75, 3.05) is 0 Å². The second-order valence-corrected chi connectivity index (χ2v) is 3.48. The van der Waals surface area contributed by atoms with Crippen LogP contribution in [-0.4, -0.2) is 21.6 Å². The van der Waals surface area contributed by atoms with Gasteiger partial charge in [0.25, 0.3) is 0 Å². The minimum Gasteiger partial charge on any atom is -0.465 e. The number of carbonyl (C=O) groups is 1. The molecule has 0 unspecified atom stereocenters. The van der Waals surface area contributed by atoms with Gasteiger partial charge in [-0.15, -0.1) is 0 Å². The van der Waals surface area contributed by atoms with Crippen LogP contribution in [0.4, 0.5) is 4.79 Å². The lowest BCUT2D eigenvalue weighted by Crippen LogP contribution is -2.41. The van der Waals surface area contributed by atoms with Crippen LogP contribution in [0.1, 0.15) is 27.2 Å². The summed E-state index contributed by atoms with van der Waals surface area (Å²) in [6.07, 6.45) is 1.90. The zero-order valence-corrected chi connectivity index (χ0v) is 7.09. The summed E-state index contributed by atoms with van der Waals surface area (Å²) in [5, 5.41) is 8.80. The van der Waals surface area contributed by atoms with E-state index in [2.05, 4.69) is 0 Å². The normalized spacial score (nSPS) is 21.7. The van der Waals surface area contributed by atoms with Crippen LogP contribution in [0.15, 0.2) is 11.8 Å². The number of amides is 1. The largest absolute Gasteiger partial charge is 0.465 e. The van der Waals surface area contributed by atoms with Gasteiger partial charge in [-0.05, 0) is 27.2 Å². The van der Waals surface area contributed by atoms with E-state index < -0.39 is 6.09 Å². The molecular formula is C8H13NO2. The summed E-state index contributed by atoms with van der Waals surface area (Å²) < 4.78 is 0. The predicted molar refractivity (Wildman–Crippen MR) is 42.3 cm³/mol. The van der Waals surface area contributed by atoms with Gasteiger partial charge < -0.3 is 5.11 Å². The summed E-state index contributed by atoms with van der Waals surface area (Å²) in [6.45, 7) is 5.67. The van der Waals surface area contributed by atoms with Gasteiger partial charge in [-0.3, -0.25) is 4.90 Å². The quantitative estimate of drug-likeness (QED) is 0.581.